The molecular weight excluding hydrogens is 646 g/mol. The minimum atomic E-state index is -2.79. The van der Waals surface area contributed by atoms with Crippen LogP contribution in [0.25, 0.3) is 0 Å². The molecule has 14 heavy (non-hydrogen) atoms. The van der Waals surface area contributed by atoms with Crippen molar-refractivity contribution >= 4 is 98.5 Å². The van der Waals surface area contributed by atoms with E-state index in [1.807, 2.05) is 0 Å². The van der Waals surface area contributed by atoms with Gasteiger partial charge in [-0.15, -0.1) is 0 Å². The maximum absolute atomic E-state index is 5.03. The van der Waals surface area contributed by atoms with Gasteiger partial charge in [0.15, 0.2) is 0 Å². The Kier molecular flexibility index (Phi) is 3.87. The summed E-state index contributed by atoms with van der Waals surface area (Å²) in [5.74, 6) is 0. The molecule has 76 valence electrons. The quantitative estimate of drug-likeness (QED) is 0.304. The van der Waals surface area contributed by atoms with E-state index < -0.39 is 46.1 Å². The molecule has 0 unspecified atom stereocenters. The van der Waals surface area contributed by atoms with Gasteiger partial charge in [0.05, 0.1) is 0 Å². The standard InChI is InChI=1S/3CH2O2S.2Bi/c3*2-1(3)4;;/h3*(H2,2,3,4);;/q;;;2*+3/p-6. The molecule has 2 rings (SSSR count). The molecule has 0 aliphatic carbocycles. The molecule has 0 spiro atoms. The Morgan fingerprint density at radius 2 is 1.29 bits per heavy atom. The van der Waals surface area contributed by atoms with Gasteiger partial charge in [0.25, 0.3) is 0 Å². The number of hydrogen-bond donors (Lipinski definition) is 0. The van der Waals surface area contributed by atoms with Crippen LogP contribution in [0.4, 0.5) is 0 Å². The van der Waals surface area contributed by atoms with Gasteiger partial charge in [0, 0.05) is 0 Å². The third-order valence-corrected chi connectivity index (χ3v) is 11.8. The summed E-state index contributed by atoms with van der Waals surface area (Å²) < 4.78 is 29.7. The third-order valence-electron chi connectivity index (χ3n) is 0.894. The summed E-state index contributed by atoms with van der Waals surface area (Å²) in [6.07, 6.45) is 0. The van der Waals surface area contributed by atoms with E-state index in [0.717, 1.165) is 0 Å². The monoisotopic (exact) mass is 646 g/mol. The molecule has 6 nitrogen and oxygen atoms in total. The normalized spacial score (nSPS) is 20.3. The summed E-state index contributed by atoms with van der Waals surface area (Å²) in [4.78, 5) is 0. The molecule has 0 bridgehead atoms. The topological polar surface area (TPSA) is 55.4 Å². The van der Waals surface area contributed by atoms with E-state index in [4.69, 9.17) is 29.1 Å². The van der Waals surface area contributed by atoms with E-state index in [-0.39, 0.29) is 15.7 Å². The molecule has 2 saturated heterocycles. The first kappa shape index (κ1) is 11.3. The van der Waals surface area contributed by atoms with Gasteiger partial charge in [-0.1, -0.05) is 0 Å². The number of rotatable bonds is 2. The van der Waals surface area contributed by atoms with Gasteiger partial charge in [0.1, 0.15) is 0 Å². The van der Waals surface area contributed by atoms with Crippen molar-refractivity contribution in [3.63, 3.8) is 0 Å². The predicted molar refractivity (Wildman–Crippen MR) is 55.8 cm³/mol. The van der Waals surface area contributed by atoms with Crippen LogP contribution < -0.4 is 0 Å². The van der Waals surface area contributed by atoms with Crippen LogP contribution in [0.3, 0.4) is 0 Å². The average Bonchev–Trinajstić information content (AvgIpc) is 1.98. The van der Waals surface area contributed by atoms with E-state index in [0.29, 0.717) is 0 Å². The SMILES string of the molecule is S=C1[O][Bi]([O]C(=S)[O][Bi]2[O]C(=S)[O]2)[O]1. The van der Waals surface area contributed by atoms with E-state index in [1.54, 1.807) is 0 Å². The Hall–Kier alpha value is 0.836. The molecule has 0 saturated carbocycles. The molecule has 0 radical (unpaired) electrons. The minimum absolute atomic E-state index is 0.0643. The van der Waals surface area contributed by atoms with Crippen molar-refractivity contribution in [1.29, 1.82) is 0 Å². The third kappa shape index (κ3) is 2.92. The Labute approximate surface area is 114 Å². The van der Waals surface area contributed by atoms with Crippen molar-refractivity contribution < 1.29 is 16.9 Å². The van der Waals surface area contributed by atoms with Crippen LogP contribution in [0.5, 0.6) is 0 Å². The summed E-state index contributed by atoms with van der Waals surface area (Å²) in [6, 6.07) is 0. The van der Waals surface area contributed by atoms with E-state index in [1.165, 1.54) is 0 Å². The van der Waals surface area contributed by atoms with Crippen LogP contribution in [0.15, 0.2) is 0 Å². The van der Waals surface area contributed by atoms with Crippen LogP contribution in [0.1, 0.15) is 0 Å². The molecule has 0 atom stereocenters. The average molecular weight is 646 g/mol. The van der Waals surface area contributed by atoms with Crippen LogP contribution in [0, 0.1) is 0 Å². The summed E-state index contributed by atoms with van der Waals surface area (Å²) >= 11 is 8.23. The fraction of sp³-hybridized carbons (Fsp3) is 0. The first-order chi connectivity index (χ1) is 6.63. The molecule has 0 N–H and O–H groups in total. The molecular formula is C3Bi2O6S3. The van der Waals surface area contributed by atoms with E-state index in [9.17, 15) is 0 Å². The molecule has 2 fully saturated rings. The number of hydrogen-bond acceptors (Lipinski definition) is 9. The summed E-state index contributed by atoms with van der Waals surface area (Å²) in [5, 5.41) is 0.141. The van der Waals surface area contributed by atoms with Crippen LogP contribution >= 0.6 is 36.7 Å². The van der Waals surface area contributed by atoms with Gasteiger partial charge >= 0.3 is 115 Å². The number of thiocarbonyl (C=S) groups is 3. The van der Waals surface area contributed by atoms with E-state index in [2.05, 4.69) is 24.4 Å². The van der Waals surface area contributed by atoms with Crippen molar-refractivity contribution in [2.24, 2.45) is 0 Å². The molecule has 2 aliphatic rings. The molecule has 2 aliphatic heterocycles. The Morgan fingerprint density at radius 3 is 1.57 bits per heavy atom. The second kappa shape index (κ2) is 4.78. The molecule has 0 aromatic rings. The van der Waals surface area contributed by atoms with Gasteiger partial charge < -0.3 is 0 Å². The van der Waals surface area contributed by atoms with Crippen molar-refractivity contribution in [1.82, 2.24) is 0 Å². The zero-order valence-electron chi connectivity index (χ0n) is 6.07. The van der Waals surface area contributed by atoms with Crippen molar-refractivity contribution in [3.05, 3.63) is 0 Å². The molecule has 0 aromatic heterocycles. The van der Waals surface area contributed by atoms with Gasteiger partial charge in [-0.3, -0.25) is 0 Å². The maximum atomic E-state index is 5.03. The zero-order chi connectivity index (χ0) is 10.1. The van der Waals surface area contributed by atoms with Gasteiger partial charge in [-0.05, 0) is 0 Å². The van der Waals surface area contributed by atoms with E-state index >= 15 is 0 Å². The predicted octanol–water partition coefficient (Wildman–Crippen LogP) is -0.0623. The van der Waals surface area contributed by atoms with Crippen LogP contribution in [-0.2, 0) is 16.9 Å². The van der Waals surface area contributed by atoms with Crippen molar-refractivity contribution in [3.8, 4) is 0 Å². The zero-order valence-corrected chi connectivity index (χ0v) is 15.5. The van der Waals surface area contributed by atoms with Crippen LogP contribution in [-0.4, -0.2) is 61.9 Å². The second-order valence-electron chi connectivity index (χ2n) is 1.74. The summed E-state index contributed by atoms with van der Waals surface area (Å²) in [5.41, 5.74) is 0. The first-order valence-electron chi connectivity index (χ1n) is 2.93. The van der Waals surface area contributed by atoms with Gasteiger partial charge in [-0.25, -0.2) is 0 Å². The van der Waals surface area contributed by atoms with Crippen molar-refractivity contribution in [2.45, 2.75) is 0 Å². The Balaban J connectivity index is 1.64. The molecule has 11 heteroatoms. The van der Waals surface area contributed by atoms with Crippen molar-refractivity contribution in [2.75, 3.05) is 0 Å². The Morgan fingerprint density at radius 1 is 0.929 bits per heavy atom. The summed E-state index contributed by atoms with van der Waals surface area (Å²) in [6.45, 7) is 0. The fourth-order valence-electron chi connectivity index (χ4n) is 0.470. The second-order valence-corrected chi connectivity index (χ2v) is 10.5. The van der Waals surface area contributed by atoms with Gasteiger partial charge in [0.2, 0.25) is 0 Å². The molecule has 0 aromatic carbocycles. The van der Waals surface area contributed by atoms with Gasteiger partial charge in [-0.2, -0.15) is 0 Å². The first-order valence-corrected chi connectivity index (χ1v) is 12.7. The fourth-order valence-corrected chi connectivity index (χ4v) is 8.47. The van der Waals surface area contributed by atoms with Crippen LogP contribution in [0.2, 0.25) is 0 Å². The molecule has 2 heterocycles. The summed E-state index contributed by atoms with van der Waals surface area (Å²) in [7, 11) is 0. The Bertz CT molecular complexity index is 265. The molecule has 0 amide bonds.